The molecule has 0 radical (unpaired) electrons. The van der Waals surface area contributed by atoms with Crippen LogP contribution < -0.4 is 4.74 Å². The van der Waals surface area contributed by atoms with E-state index in [1.807, 2.05) is 23.1 Å². The van der Waals surface area contributed by atoms with Gasteiger partial charge in [0.25, 0.3) is 5.91 Å². The van der Waals surface area contributed by atoms with E-state index in [-0.39, 0.29) is 11.9 Å². The number of hydrogen-bond acceptors (Lipinski definition) is 3. The second-order valence-corrected chi connectivity index (χ2v) is 7.96. The van der Waals surface area contributed by atoms with Crippen molar-refractivity contribution >= 4 is 5.91 Å². The molecule has 0 bridgehead atoms. The summed E-state index contributed by atoms with van der Waals surface area (Å²) in [5, 5.41) is 0. The molecule has 1 aliphatic heterocycles. The zero-order valence-corrected chi connectivity index (χ0v) is 18.0. The maximum absolute atomic E-state index is 13.3. The molecule has 1 amide bonds. The van der Waals surface area contributed by atoms with Crippen LogP contribution in [0.1, 0.15) is 48.4 Å². The predicted molar refractivity (Wildman–Crippen MR) is 119 cm³/mol. The molecule has 5 heteroatoms. The molecule has 1 aliphatic rings. The molecule has 1 aromatic heterocycles. The third kappa shape index (κ3) is 4.11. The van der Waals surface area contributed by atoms with Gasteiger partial charge in [-0.15, -0.1) is 0 Å². The summed E-state index contributed by atoms with van der Waals surface area (Å²) in [6.07, 6.45) is 5.27. The number of carbonyl (C=O) groups excluding carboxylic acids is 1. The van der Waals surface area contributed by atoms with E-state index in [0.29, 0.717) is 17.9 Å². The number of amides is 1. The molecule has 2 aromatic carbocycles. The number of aromatic nitrogens is 2. The van der Waals surface area contributed by atoms with Crippen molar-refractivity contribution in [3.8, 4) is 17.0 Å². The Bertz CT molecular complexity index is 1020. The first-order valence-electron chi connectivity index (χ1n) is 10.7. The van der Waals surface area contributed by atoms with Crippen LogP contribution in [0.4, 0.5) is 0 Å². The molecule has 156 valence electrons. The van der Waals surface area contributed by atoms with Gasteiger partial charge >= 0.3 is 0 Å². The molecule has 4 rings (SSSR count). The molecule has 30 heavy (non-hydrogen) atoms. The van der Waals surface area contributed by atoms with Gasteiger partial charge in [0.05, 0.1) is 12.8 Å². The fourth-order valence-corrected chi connectivity index (χ4v) is 3.99. The quantitative estimate of drug-likeness (QED) is 0.561. The number of rotatable bonds is 7. The number of ether oxygens (including phenoxy) is 1. The Kier molecular flexibility index (Phi) is 5.88. The van der Waals surface area contributed by atoms with E-state index in [2.05, 4.69) is 48.9 Å². The molecule has 5 nitrogen and oxygen atoms in total. The highest BCUT2D eigenvalue weighted by Gasteiger charge is 2.22. The van der Waals surface area contributed by atoms with Crippen molar-refractivity contribution in [2.75, 3.05) is 7.11 Å². The van der Waals surface area contributed by atoms with Crippen molar-refractivity contribution in [3.63, 3.8) is 0 Å². The topological polar surface area (TPSA) is 47.4 Å². The van der Waals surface area contributed by atoms with Gasteiger partial charge in [0.2, 0.25) is 0 Å². The fraction of sp³-hybridized carbons (Fsp3) is 0.360. The summed E-state index contributed by atoms with van der Waals surface area (Å²) in [5.41, 5.74) is 3.88. The first-order chi connectivity index (χ1) is 14.6. The molecule has 1 atom stereocenters. The fourth-order valence-electron chi connectivity index (χ4n) is 3.99. The predicted octanol–water partition coefficient (Wildman–Crippen LogP) is 4.95. The van der Waals surface area contributed by atoms with Gasteiger partial charge in [-0.3, -0.25) is 4.79 Å². The van der Waals surface area contributed by atoms with Crippen molar-refractivity contribution < 1.29 is 9.53 Å². The van der Waals surface area contributed by atoms with Crippen LogP contribution in [0.5, 0.6) is 5.75 Å². The molecule has 0 saturated carbocycles. The van der Waals surface area contributed by atoms with E-state index >= 15 is 0 Å². The second-order valence-electron chi connectivity index (χ2n) is 7.96. The lowest BCUT2D eigenvalue weighted by Gasteiger charge is -2.29. The van der Waals surface area contributed by atoms with Gasteiger partial charge in [-0.2, -0.15) is 0 Å². The number of methoxy groups -OCH3 is 1. The summed E-state index contributed by atoms with van der Waals surface area (Å²) in [7, 11) is 1.62. The summed E-state index contributed by atoms with van der Waals surface area (Å²) in [4.78, 5) is 20.1. The first kappa shape index (κ1) is 20.2. The SMILES string of the molecule is CCC(C)N(Cc1cccc(-c2cn3c(n2)CCC3)c1)C(=O)c1cccc(OC)c1. The summed E-state index contributed by atoms with van der Waals surface area (Å²) in [6, 6.07) is 15.9. The minimum absolute atomic E-state index is 0.0228. The minimum atomic E-state index is 0.0228. The van der Waals surface area contributed by atoms with Crippen LogP contribution in [-0.2, 0) is 19.5 Å². The Morgan fingerprint density at radius 2 is 2.07 bits per heavy atom. The molecule has 3 aromatic rings. The van der Waals surface area contributed by atoms with E-state index in [1.54, 1.807) is 13.2 Å². The molecule has 0 aliphatic carbocycles. The van der Waals surface area contributed by atoms with Crippen LogP contribution in [-0.4, -0.2) is 33.5 Å². The number of carbonyl (C=O) groups is 1. The Labute approximate surface area is 178 Å². The van der Waals surface area contributed by atoms with E-state index in [0.717, 1.165) is 36.2 Å². The maximum Gasteiger partial charge on any atom is 0.254 e. The summed E-state index contributed by atoms with van der Waals surface area (Å²) in [6.45, 7) is 5.83. The second kappa shape index (κ2) is 8.74. The van der Waals surface area contributed by atoms with E-state index < -0.39 is 0 Å². The number of fused-ring (bicyclic) bond motifs is 1. The standard InChI is InChI=1S/C25H29N3O2/c1-4-18(2)28(25(29)21-10-6-11-22(15-21)30-3)16-19-8-5-9-20(14-19)23-17-27-13-7-12-24(27)26-23/h5-6,8-11,14-15,17-18H,4,7,12-13,16H2,1-3H3. The van der Waals surface area contributed by atoms with Crippen molar-refractivity contribution in [1.82, 2.24) is 14.5 Å². The average Bonchev–Trinajstić information content (AvgIpc) is 3.39. The number of nitrogens with zero attached hydrogens (tertiary/aromatic N) is 3. The molecular formula is C25H29N3O2. The maximum atomic E-state index is 13.3. The van der Waals surface area contributed by atoms with Crippen LogP contribution in [0.25, 0.3) is 11.3 Å². The molecule has 1 unspecified atom stereocenters. The highest BCUT2D eigenvalue weighted by Crippen LogP contribution is 2.25. The van der Waals surface area contributed by atoms with Crippen molar-refractivity contribution in [3.05, 3.63) is 71.7 Å². The third-order valence-corrected chi connectivity index (χ3v) is 5.93. The summed E-state index contributed by atoms with van der Waals surface area (Å²) >= 11 is 0. The lowest BCUT2D eigenvalue weighted by Crippen LogP contribution is -2.37. The normalized spacial score (nSPS) is 13.7. The molecular weight excluding hydrogens is 374 g/mol. The monoisotopic (exact) mass is 403 g/mol. The zero-order valence-electron chi connectivity index (χ0n) is 18.0. The van der Waals surface area contributed by atoms with Gasteiger partial charge in [0.15, 0.2) is 0 Å². The Hall–Kier alpha value is -3.08. The van der Waals surface area contributed by atoms with Crippen molar-refractivity contribution in [2.24, 2.45) is 0 Å². The Morgan fingerprint density at radius 3 is 2.83 bits per heavy atom. The van der Waals surface area contributed by atoms with Gasteiger partial charge in [-0.1, -0.05) is 31.2 Å². The van der Waals surface area contributed by atoms with Gasteiger partial charge < -0.3 is 14.2 Å². The van der Waals surface area contributed by atoms with Crippen LogP contribution >= 0.6 is 0 Å². The average molecular weight is 404 g/mol. The number of benzene rings is 2. The van der Waals surface area contributed by atoms with Crippen molar-refractivity contribution in [1.29, 1.82) is 0 Å². The lowest BCUT2D eigenvalue weighted by molar-refractivity contribution is 0.0671. The Morgan fingerprint density at radius 1 is 1.23 bits per heavy atom. The van der Waals surface area contributed by atoms with Gasteiger partial charge in [-0.05, 0) is 49.6 Å². The highest BCUT2D eigenvalue weighted by atomic mass is 16.5. The zero-order chi connectivity index (χ0) is 21.1. The highest BCUT2D eigenvalue weighted by molar-refractivity contribution is 5.94. The molecule has 0 spiro atoms. The van der Waals surface area contributed by atoms with Crippen LogP contribution in [0.15, 0.2) is 54.7 Å². The minimum Gasteiger partial charge on any atom is -0.497 e. The molecule has 2 heterocycles. The van der Waals surface area contributed by atoms with E-state index in [9.17, 15) is 4.79 Å². The van der Waals surface area contributed by atoms with E-state index in [1.165, 1.54) is 12.2 Å². The summed E-state index contributed by atoms with van der Waals surface area (Å²) in [5.74, 6) is 1.89. The third-order valence-electron chi connectivity index (χ3n) is 5.93. The van der Waals surface area contributed by atoms with Crippen LogP contribution in [0, 0.1) is 0 Å². The lowest BCUT2D eigenvalue weighted by atomic mass is 10.1. The number of aryl methyl sites for hydroxylation is 2. The number of hydrogen-bond donors (Lipinski definition) is 0. The first-order valence-corrected chi connectivity index (χ1v) is 10.7. The molecule has 0 saturated heterocycles. The van der Waals surface area contributed by atoms with Gasteiger partial charge in [0, 0.05) is 42.9 Å². The van der Waals surface area contributed by atoms with Gasteiger partial charge in [-0.25, -0.2) is 4.98 Å². The van der Waals surface area contributed by atoms with Crippen LogP contribution in [0.3, 0.4) is 0 Å². The number of imidazole rings is 1. The van der Waals surface area contributed by atoms with Gasteiger partial charge in [0.1, 0.15) is 11.6 Å². The van der Waals surface area contributed by atoms with Crippen LogP contribution in [0.2, 0.25) is 0 Å². The smallest absolute Gasteiger partial charge is 0.254 e. The van der Waals surface area contributed by atoms with E-state index in [4.69, 9.17) is 9.72 Å². The van der Waals surface area contributed by atoms with Crippen molar-refractivity contribution in [2.45, 2.75) is 52.2 Å². The largest absolute Gasteiger partial charge is 0.497 e. The Balaban J connectivity index is 1.59. The summed E-state index contributed by atoms with van der Waals surface area (Å²) < 4.78 is 7.55. The molecule has 0 fully saturated rings. The molecule has 0 N–H and O–H groups in total.